The normalized spacial score (nSPS) is 10.3. The van der Waals surface area contributed by atoms with Crippen molar-refractivity contribution in [2.45, 2.75) is 17.9 Å². The molecule has 104 valence electrons. The number of hydrogen-bond acceptors (Lipinski definition) is 3. The van der Waals surface area contributed by atoms with E-state index < -0.39 is 0 Å². The molecule has 3 nitrogen and oxygen atoms in total. The Morgan fingerprint density at radius 1 is 1.15 bits per heavy atom. The van der Waals surface area contributed by atoms with E-state index in [-0.39, 0.29) is 5.91 Å². The highest BCUT2D eigenvalue weighted by Crippen LogP contribution is 2.16. The number of rotatable bonds is 5. The Kier molecular flexibility index (Phi) is 5.21. The third kappa shape index (κ3) is 4.11. The van der Waals surface area contributed by atoms with Gasteiger partial charge in [0.1, 0.15) is 0 Å². The molecule has 1 amide bonds. The summed E-state index contributed by atoms with van der Waals surface area (Å²) in [6.45, 7) is 0.477. The molecule has 0 spiro atoms. The SMILES string of the molecule is COCc1ccccc1NC(=O)Cc1ccc(S)cc1. The third-order valence-corrected chi connectivity index (χ3v) is 3.19. The zero-order chi connectivity index (χ0) is 14.4. The minimum Gasteiger partial charge on any atom is -0.380 e. The quantitative estimate of drug-likeness (QED) is 0.828. The summed E-state index contributed by atoms with van der Waals surface area (Å²) in [5, 5.41) is 2.92. The van der Waals surface area contributed by atoms with Gasteiger partial charge in [0, 0.05) is 23.3 Å². The van der Waals surface area contributed by atoms with E-state index >= 15 is 0 Å². The van der Waals surface area contributed by atoms with E-state index in [1.165, 1.54) is 0 Å². The minimum atomic E-state index is -0.0412. The number of amides is 1. The maximum Gasteiger partial charge on any atom is 0.228 e. The fourth-order valence-electron chi connectivity index (χ4n) is 1.92. The van der Waals surface area contributed by atoms with Gasteiger partial charge in [0.2, 0.25) is 5.91 Å². The summed E-state index contributed by atoms with van der Waals surface area (Å²) >= 11 is 4.22. The first-order valence-electron chi connectivity index (χ1n) is 6.33. The van der Waals surface area contributed by atoms with Gasteiger partial charge in [-0.3, -0.25) is 4.79 Å². The number of carbonyl (C=O) groups is 1. The summed E-state index contributed by atoms with van der Waals surface area (Å²) in [5.74, 6) is -0.0412. The Hall–Kier alpha value is -1.78. The van der Waals surface area contributed by atoms with E-state index in [0.29, 0.717) is 13.0 Å². The Morgan fingerprint density at radius 2 is 1.85 bits per heavy atom. The number of benzene rings is 2. The Balaban J connectivity index is 2.02. The van der Waals surface area contributed by atoms with Gasteiger partial charge in [-0.05, 0) is 23.8 Å². The lowest BCUT2D eigenvalue weighted by Gasteiger charge is -2.10. The van der Waals surface area contributed by atoms with Crippen LogP contribution in [-0.2, 0) is 22.6 Å². The number of hydrogen-bond donors (Lipinski definition) is 2. The lowest BCUT2D eigenvalue weighted by atomic mass is 10.1. The van der Waals surface area contributed by atoms with Gasteiger partial charge in [0.05, 0.1) is 13.0 Å². The highest BCUT2D eigenvalue weighted by Gasteiger charge is 2.07. The van der Waals surface area contributed by atoms with Gasteiger partial charge < -0.3 is 10.1 Å². The van der Waals surface area contributed by atoms with Crippen LogP contribution in [0, 0.1) is 0 Å². The number of nitrogens with one attached hydrogen (secondary N) is 1. The molecule has 0 saturated heterocycles. The summed E-state index contributed by atoms with van der Waals surface area (Å²) in [5.41, 5.74) is 2.73. The number of thiol groups is 1. The predicted molar refractivity (Wildman–Crippen MR) is 83.2 cm³/mol. The van der Waals surface area contributed by atoms with Crippen molar-refractivity contribution >= 4 is 24.2 Å². The van der Waals surface area contributed by atoms with E-state index in [1.807, 2.05) is 48.5 Å². The molecular formula is C16H17NO2S. The molecule has 0 radical (unpaired) electrons. The molecule has 0 heterocycles. The molecule has 20 heavy (non-hydrogen) atoms. The number of para-hydroxylation sites is 1. The average molecular weight is 287 g/mol. The van der Waals surface area contributed by atoms with E-state index in [1.54, 1.807) is 7.11 Å². The molecule has 0 unspecified atom stereocenters. The summed E-state index contributed by atoms with van der Waals surface area (Å²) in [4.78, 5) is 12.9. The van der Waals surface area contributed by atoms with Crippen LogP contribution in [0.15, 0.2) is 53.4 Å². The van der Waals surface area contributed by atoms with Crippen molar-refractivity contribution in [1.29, 1.82) is 0 Å². The molecule has 0 saturated carbocycles. The standard InChI is InChI=1S/C16H17NO2S/c1-19-11-13-4-2-3-5-15(13)17-16(18)10-12-6-8-14(20)9-7-12/h2-9,20H,10-11H2,1H3,(H,17,18). The number of ether oxygens (including phenoxy) is 1. The number of carbonyl (C=O) groups excluding carboxylic acids is 1. The maximum absolute atomic E-state index is 12.1. The molecule has 0 atom stereocenters. The monoisotopic (exact) mass is 287 g/mol. The predicted octanol–water partition coefficient (Wildman–Crippen LogP) is 3.30. The lowest BCUT2D eigenvalue weighted by Crippen LogP contribution is -2.15. The average Bonchev–Trinajstić information content (AvgIpc) is 2.44. The molecule has 2 rings (SSSR count). The van der Waals surface area contributed by atoms with Gasteiger partial charge in [0.25, 0.3) is 0 Å². The first-order valence-corrected chi connectivity index (χ1v) is 6.78. The van der Waals surface area contributed by atoms with Crippen molar-refractivity contribution in [2.75, 3.05) is 12.4 Å². The van der Waals surface area contributed by atoms with Gasteiger partial charge in [0.15, 0.2) is 0 Å². The van der Waals surface area contributed by atoms with Crippen LogP contribution in [0.3, 0.4) is 0 Å². The molecule has 2 aromatic rings. The molecule has 0 fully saturated rings. The highest BCUT2D eigenvalue weighted by atomic mass is 32.1. The first-order chi connectivity index (χ1) is 9.69. The van der Waals surface area contributed by atoms with Crippen molar-refractivity contribution in [2.24, 2.45) is 0 Å². The summed E-state index contributed by atoms with van der Waals surface area (Å²) < 4.78 is 5.12. The van der Waals surface area contributed by atoms with Crippen LogP contribution in [0.1, 0.15) is 11.1 Å². The van der Waals surface area contributed by atoms with E-state index in [2.05, 4.69) is 17.9 Å². The second kappa shape index (κ2) is 7.12. The van der Waals surface area contributed by atoms with Crippen molar-refractivity contribution in [1.82, 2.24) is 0 Å². The second-order valence-corrected chi connectivity index (χ2v) is 5.00. The Morgan fingerprint density at radius 3 is 2.55 bits per heavy atom. The van der Waals surface area contributed by atoms with Gasteiger partial charge in [-0.2, -0.15) is 0 Å². The molecule has 4 heteroatoms. The molecule has 0 aromatic heterocycles. The Labute approximate surface area is 124 Å². The zero-order valence-corrected chi connectivity index (χ0v) is 12.2. The third-order valence-electron chi connectivity index (χ3n) is 2.89. The Bertz CT molecular complexity index is 581. The number of anilines is 1. The van der Waals surface area contributed by atoms with Crippen molar-refractivity contribution in [3.63, 3.8) is 0 Å². The zero-order valence-electron chi connectivity index (χ0n) is 11.3. The molecule has 0 bridgehead atoms. The van der Waals surface area contributed by atoms with Gasteiger partial charge in [-0.1, -0.05) is 30.3 Å². The lowest BCUT2D eigenvalue weighted by molar-refractivity contribution is -0.115. The molecule has 1 N–H and O–H groups in total. The summed E-state index contributed by atoms with van der Waals surface area (Å²) in [6, 6.07) is 15.2. The van der Waals surface area contributed by atoms with Gasteiger partial charge in [-0.25, -0.2) is 0 Å². The van der Waals surface area contributed by atoms with Crippen molar-refractivity contribution in [3.05, 3.63) is 59.7 Å². The fourth-order valence-corrected chi connectivity index (χ4v) is 2.07. The van der Waals surface area contributed by atoms with E-state index in [0.717, 1.165) is 21.7 Å². The van der Waals surface area contributed by atoms with Gasteiger partial charge in [-0.15, -0.1) is 12.6 Å². The van der Waals surface area contributed by atoms with Crippen molar-refractivity contribution in [3.8, 4) is 0 Å². The largest absolute Gasteiger partial charge is 0.380 e. The smallest absolute Gasteiger partial charge is 0.228 e. The second-order valence-electron chi connectivity index (χ2n) is 4.48. The molecule has 0 aliphatic heterocycles. The molecule has 0 aliphatic rings. The van der Waals surface area contributed by atoms with Gasteiger partial charge >= 0.3 is 0 Å². The van der Waals surface area contributed by atoms with Crippen LogP contribution < -0.4 is 5.32 Å². The van der Waals surface area contributed by atoms with Crippen LogP contribution in [0.4, 0.5) is 5.69 Å². The van der Waals surface area contributed by atoms with Crippen LogP contribution in [0.25, 0.3) is 0 Å². The highest BCUT2D eigenvalue weighted by molar-refractivity contribution is 7.80. The van der Waals surface area contributed by atoms with Crippen LogP contribution >= 0.6 is 12.6 Å². The molecule has 0 aliphatic carbocycles. The van der Waals surface area contributed by atoms with Crippen LogP contribution in [-0.4, -0.2) is 13.0 Å². The molecule has 2 aromatic carbocycles. The van der Waals surface area contributed by atoms with Crippen LogP contribution in [0.5, 0.6) is 0 Å². The summed E-state index contributed by atoms with van der Waals surface area (Å²) in [6.07, 6.45) is 0.343. The first kappa shape index (κ1) is 14.6. The van der Waals surface area contributed by atoms with E-state index in [4.69, 9.17) is 4.74 Å². The topological polar surface area (TPSA) is 38.3 Å². The summed E-state index contributed by atoms with van der Waals surface area (Å²) in [7, 11) is 1.64. The van der Waals surface area contributed by atoms with E-state index in [9.17, 15) is 4.79 Å². The fraction of sp³-hybridized carbons (Fsp3) is 0.188. The number of methoxy groups -OCH3 is 1. The van der Waals surface area contributed by atoms with Crippen LogP contribution in [0.2, 0.25) is 0 Å². The molecular weight excluding hydrogens is 270 g/mol. The van der Waals surface area contributed by atoms with Crippen molar-refractivity contribution < 1.29 is 9.53 Å². The minimum absolute atomic E-state index is 0.0412. The maximum atomic E-state index is 12.1.